The van der Waals surface area contributed by atoms with Crippen LogP contribution < -0.4 is 5.32 Å². The van der Waals surface area contributed by atoms with E-state index in [2.05, 4.69) is 26.7 Å². The summed E-state index contributed by atoms with van der Waals surface area (Å²) in [6.45, 7) is 6.41. The van der Waals surface area contributed by atoms with Crippen LogP contribution in [0.25, 0.3) is 0 Å². The Kier molecular flexibility index (Phi) is 6.96. The van der Waals surface area contributed by atoms with Gasteiger partial charge >= 0.3 is 0 Å². The second-order valence-corrected chi connectivity index (χ2v) is 8.17. The molecule has 2 aromatic rings. The van der Waals surface area contributed by atoms with Gasteiger partial charge in [0.15, 0.2) is 5.16 Å². The number of halogens is 1. The van der Waals surface area contributed by atoms with Crippen molar-refractivity contribution < 1.29 is 4.79 Å². The van der Waals surface area contributed by atoms with Crippen molar-refractivity contribution >= 4 is 35.0 Å². The molecule has 0 unspecified atom stereocenters. The molecule has 1 N–H and O–H groups in total. The number of anilines is 1. The smallest absolute Gasteiger partial charge is 0.234 e. The maximum absolute atomic E-state index is 12.4. The van der Waals surface area contributed by atoms with Gasteiger partial charge in [-0.15, -0.1) is 16.8 Å². The van der Waals surface area contributed by atoms with Crippen LogP contribution in [0.15, 0.2) is 36.0 Å². The zero-order chi connectivity index (χ0) is 19.2. The molecule has 0 radical (unpaired) electrons. The lowest BCUT2D eigenvalue weighted by Gasteiger charge is -2.21. The predicted octanol–water partition coefficient (Wildman–Crippen LogP) is 5.20. The van der Waals surface area contributed by atoms with Crippen LogP contribution in [0.2, 0.25) is 5.02 Å². The van der Waals surface area contributed by atoms with E-state index in [0.29, 0.717) is 17.5 Å². The normalized spacial score (nSPS) is 14.9. The fourth-order valence-electron chi connectivity index (χ4n) is 3.43. The maximum atomic E-state index is 12.4. The van der Waals surface area contributed by atoms with Crippen LogP contribution in [0, 0.1) is 6.92 Å². The second kappa shape index (κ2) is 9.42. The summed E-state index contributed by atoms with van der Waals surface area (Å²) in [5.41, 5.74) is 1.61. The van der Waals surface area contributed by atoms with E-state index < -0.39 is 0 Å². The molecule has 0 aliphatic heterocycles. The van der Waals surface area contributed by atoms with Gasteiger partial charge in [0.1, 0.15) is 5.82 Å². The lowest BCUT2D eigenvalue weighted by Crippen LogP contribution is -2.16. The highest BCUT2D eigenvalue weighted by Crippen LogP contribution is 2.33. The summed E-state index contributed by atoms with van der Waals surface area (Å²) in [5, 5.41) is 13.1. The molecule has 1 aliphatic carbocycles. The summed E-state index contributed by atoms with van der Waals surface area (Å²) in [6.07, 6.45) is 7.97. The van der Waals surface area contributed by atoms with E-state index in [1.54, 1.807) is 0 Å². The van der Waals surface area contributed by atoms with Crippen LogP contribution in [-0.2, 0) is 11.3 Å². The first-order valence-corrected chi connectivity index (χ1v) is 10.7. The first-order chi connectivity index (χ1) is 13.1. The quantitative estimate of drug-likeness (QED) is 0.508. The highest BCUT2D eigenvalue weighted by molar-refractivity contribution is 7.99. The average molecular weight is 405 g/mol. The molecular formula is C20H25ClN4OS. The molecular weight excluding hydrogens is 380 g/mol. The van der Waals surface area contributed by atoms with E-state index in [1.165, 1.54) is 31.0 Å². The van der Waals surface area contributed by atoms with Crippen LogP contribution >= 0.6 is 23.4 Å². The standard InChI is InChI=1S/C20H25ClN4OS/c1-3-12-25-19(15-8-5-4-6-9-15)23-24-20(25)27-13-18(26)22-17-11-7-10-16(21)14(17)2/h3,7,10-11,15H,1,4-6,8-9,12-13H2,2H3,(H,22,26). The van der Waals surface area contributed by atoms with Crippen molar-refractivity contribution in [3.8, 4) is 0 Å². The largest absolute Gasteiger partial charge is 0.325 e. The van der Waals surface area contributed by atoms with Gasteiger partial charge in [-0.25, -0.2) is 0 Å². The summed E-state index contributed by atoms with van der Waals surface area (Å²) < 4.78 is 2.10. The summed E-state index contributed by atoms with van der Waals surface area (Å²) >= 11 is 7.52. The summed E-state index contributed by atoms with van der Waals surface area (Å²) in [7, 11) is 0. The number of nitrogens with one attached hydrogen (secondary N) is 1. The van der Waals surface area contributed by atoms with Gasteiger partial charge in [-0.3, -0.25) is 4.79 Å². The van der Waals surface area contributed by atoms with Crippen LogP contribution in [0.3, 0.4) is 0 Å². The van der Waals surface area contributed by atoms with E-state index in [1.807, 2.05) is 31.2 Å². The Bertz CT molecular complexity index is 814. The molecule has 27 heavy (non-hydrogen) atoms. The average Bonchev–Trinajstić information content (AvgIpc) is 3.07. The minimum absolute atomic E-state index is 0.0854. The Morgan fingerprint density at radius 2 is 2.15 bits per heavy atom. The Morgan fingerprint density at radius 1 is 1.37 bits per heavy atom. The number of allylic oxidation sites excluding steroid dienone is 1. The Labute approximate surface area is 169 Å². The molecule has 1 heterocycles. The molecule has 1 fully saturated rings. The fourth-order valence-corrected chi connectivity index (χ4v) is 4.36. The van der Waals surface area contributed by atoms with Gasteiger partial charge in [0.25, 0.3) is 0 Å². The van der Waals surface area contributed by atoms with E-state index in [-0.39, 0.29) is 11.7 Å². The second-order valence-electron chi connectivity index (χ2n) is 6.82. The van der Waals surface area contributed by atoms with Crippen molar-refractivity contribution in [2.75, 3.05) is 11.1 Å². The number of hydrogen-bond acceptors (Lipinski definition) is 4. The molecule has 0 atom stereocenters. The molecule has 7 heteroatoms. The van der Waals surface area contributed by atoms with Gasteiger partial charge in [-0.2, -0.15) is 0 Å². The van der Waals surface area contributed by atoms with Crippen molar-refractivity contribution in [2.45, 2.75) is 56.6 Å². The monoisotopic (exact) mass is 404 g/mol. The van der Waals surface area contributed by atoms with E-state index in [9.17, 15) is 4.79 Å². The third-order valence-electron chi connectivity index (χ3n) is 4.90. The highest BCUT2D eigenvalue weighted by atomic mass is 35.5. The van der Waals surface area contributed by atoms with Gasteiger partial charge in [0.2, 0.25) is 5.91 Å². The van der Waals surface area contributed by atoms with E-state index in [4.69, 9.17) is 11.6 Å². The van der Waals surface area contributed by atoms with Crippen LogP contribution in [-0.4, -0.2) is 26.4 Å². The highest BCUT2D eigenvalue weighted by Gasteiger charge is 2.23. The number of hydrogen-bond donors (Lipinski definition) is 1. The molecule has 5 nitrogen and oxygen atoms in total. The third kappa shape index (κ3) is 4.93. The lowest BCUT2D eigenvalue weighted by molar-refractivity contribution is -0.113. The van der Waals surface area contributed by atoms with Crippen molar-refractivity contribution in [2.24, 2.45) is 0 Å². The van der Waals surface area contributed by atoms with E-state index >= 15 is 0 Å². The molecule has 3 rings (SSSR count). The molecule has 1 aromatic carbocycles. The van der Waals surface area contributed by atoms with Crippen molar-refractivity contribution in [1.82, 2.24) is 14.8 Å². The fraction of sp³-hybridized carbons (Fsp3) is 0.450. The number of carbonyl (C=O) groups excluding carboxylic acids is 1. The molecule has 1 aliphatic rings. The Balaban J connectivity index is 1.66. The third-order valence-corrected chi connectivity index (χ3v) is 6.28. The predicted molar refractivity (Wildman–Crippen MR) is 112 cm³/mol. The molecule has 1 aromatic heterocycles. The number of thioether (sulfide) groups is 1. The molecule has 1 saturated carbocycles. The molecule has 0 bridgehead atoms. The first-order valence-electron chi connectivity index (χ1n) is 9.32. The lowest BCUT2D eigenvalue weighted by atomic mass is 9.89. The zero-order valence-corrected chi connectivity index (χ0v) is 17.2. The molecule has 0 saturated heterocycles. The van der Waals surface area contributed by atoms with Gasteiger partial charge in [0, 0.05) is 23.2 Å². The van der Waals surface area contributed by atoms with Crippen LogP contribution in [0.4, 0.5) is 5.69 Å². The molecule has 1 amide bonds. The number of carbonyl (C=O) groups is 1. The van der Waals surface area contributed by atoms with Gasteiger partial charge < -0.3 is 9.88 Å². The first kappa shape index (κ1) is 20.0. The Hall–Kier alpha value is -1.79. The summed E-state index contributed by atoms with van der Waals surface area (Å²) in [4.78, 5) is 12.4. The summed E-state index contributed by atoms with van der Waals surface area (Å²) in [5.74, 6) is 1.68. The number of nitrogens with zero attached hydrogens (tertiary/aromatic N) is 3. The SMILES string of the molecule is C=CCn1c(SCC(=O)Nc2cccc(Cl)c2C)nnc1C1CCCCC1. The van der Waals surface area contributed by atoms with Crippen LogP contribution in [0.5, 0.6) is 0 Å². The van der Waals surface area contributed by atoms with E-state index in [0.717, 1.165) is 35.1 Å². The van der Waals surface area contributed by atoms with Gasteiger partial charge in [0.05, 0.1) is 5.75 Å². The number of rotatable bonds is 7. The number of amides is 1. The molecule has 0 spiro atoms. The summed E-state index contributed by atoms with van der Waals surface area (Å²) in [6, 6.07) is 5.49. The Morgan fingerprint density at radius 3 is 2.89 bits per heavy atom. The molecule has 144 valence electrons. The minimum Gasteiger partial charge on any atom is -0.325 e. The van der Waals surface area contributed by atoms with Crippen molar-refractivity contribution in [3.63, 3.8) is 0 Å². The minimum atomic E-state index is -0.0854. The zero-order valence-electron chi connectivity index (χ0n) is 15.6. The van der Waals surface area contributed by atoms with Gasteiger partial charge in [-0.05, 0) is 37.5 Å². The number of aromatic nitrogens is 3. The van der Waals surface area contributed by atoms with Crippen LogP contribution in [0.1, 0.15) is 49.4 Å². The van der Waals surface area contributed by atoms with Crippen molar-refractivity contribution in [3.05, 3.63) is 47.3 Å². The van der Waals surface area contributed by atoms with Crippen molar-refractivity contribution in [1.29, 1.82) is 0 Å². The topological polar surface area (TPSA) is 59.8 Å². The maximum Gasteiger partial charge on any atom is 0.234 e. The van der Waals surface area contributed by atoms with Gasteiger partial charge in [-0.1, -0.05) is 54.8 Å². The number of benzene rings is 1.